The van der Waals surface area contributed by atoms with Crippen molar-refractivity contribution in [2.75, 3.05) is 42.5 Å². The largest absolute Gasteiger partial charge is 0.372 e. The number of carbonyl (C=O) groups is 3. The van der Waals surface area contributed by atoms with Crippen molar-refractivity contribution in [3.05, 3.63) is 65.4 Å². The molecule has 1 aliphatic carbocycles. The highest BCUT2D eigenvalue weighted by Crippen LogP contribution is 2.38. The van der Waals surface area contributed by atoms with Crippen molar-refractivity contribution in [2.24, 2.45) is 11.3 Å². The second-order valence-electron chi connectivity index (χ2n) is 16.4. The van der Waals surface area contributed by atoms with E-state index in [1.54, 1.807) is 0 Å². The number of anilines is 2. The first-order valence-corrected chi connectivity index (χ1v) is 19.0. The van der Waals surface area contributed by atoms with Gasteiger partial charge in [0.05, 0.1) is 11.4 Å². The van der Waals surface area contributed by atoms with Gasteiger partial charge in [0, 0.05) is 91.1 Å². The van der Waals surface area contributed by atoms with Gasteiger partial charge in [0.25, 0.3) is 5.91 Å². The molecule has 3 fully saturated rings. The number of hydrogen-bond acceptors (Lipinski definition) is 6. The molecule has 2 aromatic carbocycles. The third-order valence-corrected chi connectivity index (χ3v) is 12.0. The molecule has 0 spiro atoms. The predicted octanol–water partition coefficient (Wildman–Crippen LogP) is 6.57. The van der Waals surface area contributed by atoms with Crippen molar-refractivity contribution in [3.63, 3.8) is 0 Å². The van der Waals surface area contributed by atoms with Gasteiger partial charge in [-0.2, -0.15) is 5.10 Å². The highest BCUT2D eigenvalue weighted by Gasteiger charge is 2.35. The Hall–Kier alpha value is -4.44. The molecule has 3 saturated heterocycles. The lowest BCUT2D eigenvalue weighted by Gasteiger charge is -2.46. The second kappa shape index (κ2) is 13.3. The highest BCUT2D eigenvalue weighted by atomic mass is 16.2. The Morgan fingerprint density at radius 3 is 2.29 bits per heavy atom. The van der Waals surface area contributed by atoms with Crippen LogP contribution < -0.4 is 9.80 Å². The molecule has 0 bridgehead atoms. The van der Waals surface area contributed by atoms with Crippen LogP contribution in [0.1, 0.15) is 87.8 Å². The van der Waals surface area contributed by atoms with Crippen molar-refractivity contribution in [1.82, 2.24) is 25.0 Å². The maximum atomic E-state index is 13.9. The lowest BCUT2D eigenvalue weighted by molar-refractivity contribution is -0.129. The molecule has 10 nitrogen and oxygen atoms in total. The number of nitrogens with zero attached hydrogens (tertiary/aromatic N) is 5. The molecular weight excluding hydrogens is 638 g/mol. The monoisotopic (exact) mass is 689 g/mol. The number of piperidine rings is 2. The average molecular weight is 690 g/mol. The normalized spacial score (nSPS) is 23.3. The molecule has 2 atom stereocenters. The zero-order chi connectivity index (χ0) is 35.4. The summed E-state index contributed by atoms with van der Waals surface area (Å²) < 4.78 is 0. The zero-order valence-corrected chi connectivity index (χ0v) is 30.5. The van der Waals surface area contributed by atoms with Crippen LogP contribution in [0.5, 0.6) is 0 Å². The maximum absolute atomic E-state index is 13.9. The SMILES string of the molecule is C[C@@H]1CN(C(=O)c2ccc3cc(-c4n[nH]c5c4CCC(C)(C)C5)[nH]c3c2)C[C@H](C)N1CC1CCN(c2ccc(N3C(=O)CCCC3=O)cc2)CC1. The van der Waals surface area contributed by atoms with E-state index in [1.807, 2.05) is 41.3 Å². The molecule has 268 valence electrons. The number of rotatable bonds is 6. The van der Waals surface area contributed by atoms with Crippen LogP contribution in [0.2, 0.25) is 0 Å². The van der Waals surface area contributed by atoms with Gasteiger partial charge in [0.2, 0.25) is 11.8 Å². The highest BCUT2D eigenvalue weighted by molar-refractivity contribution is 6.16. The number of fused-ring (bicyclic) bond motifs is 2. The molecule has 51 heavy (non-hydrogen) atoms. The molecule has 3 aliphatic heterocycles. The van der Waals surface area contributed by atoms with Crippen molar-refractivity contribution in [3.8, 4) is 11.4 Å². The molecular formula is C41H51N7O3. The van der Waals surface area contributed by atoms with Crippen LogP contribution in [0, 0.1) is 11.3 Å². The topological polar surface area (TPSA) is 109 Å². The molecule has 2 aromatic heterocycles. The van der Waals surface area contributed by atoms with Crippen molar-refractivity contribution >= 4 is 40.0 Å². The first-order chi connectivity index (χ1) is 24.5. The Morgan fingerprint density at radius 1 is 0.902 bits per heavy atom. The Balaban J connectivity index is 0.862. The summed E-state index contributed by atoms with van der Waals surface area (Å²) >= 11 is 0. The molecule has 0 saturated carbocycles. The zero-order valence-electron chi connectivity index (χ0n) is 30.5. The van der Waals surface area contributed by atoms with Gasteiger partial charge in [-0.1, -0.05) is 19.9 Å². The number of imide groups is 1. The smallest absolute Gasteiger partial charge is 0.254 e. The van der Waals surface area contributed by atoms with E-state index in [0.717, 1.165) is 98.4 Å². The summed E-state index contributed by atoms with van der Waals surface area (Å²) in [4.78, 5) is 50.5. The number of nitrogens with one attached hydrogen (secondary N) is 2. The summed E-state index contributed by atoms with van der Waals surface area (Å²) in [5.41, 5.74) is 8.39. The van der Waals surface area contributed by atoms with Crippen molar-refractivity contribution in [1.29, 1.82) is 0 Å². The summed E-state index contributed by atoms with van der Waals surface area (Å²) in [5, 5.41) is 9.10. The van der Waals surface area contributed by atoms with Crippen molar-refractivity contribution < 1.29 is 14.4 Å². The lowest BCUT2D eigenvalue weighted by atomic mass is 9.76. The molecule has 5 heterocycles. The number of benzene rings is 2. The number of hydrogen-bond donors (Lipinski definition) is 2. The predicted molar refractivity (Wildman–Crippen MR) is 201 cm³/mol. The van der Waals surface area contributed by atoms with E-state index < -0.39 is 0 Å². The van der Waals surface area contributed by atoms with Gasteiger partial charge in [0.1, 0.15) is 5.69 Å². The quantitative estimate of drug-likeness (QED) is 0.222. The maximum Gasteiger partial charge on any atom is 0.254 e. The number of aromatic amines is 2. The van der Waals surface area contributed by atoms with E-state index >= 15 is 0 Å². The van der Waals surface area contributed by atoms with Crippen LogP contribution >= 0.6 is 0 Å². The van der Waals surface area contributed by atoms with Crippen molar-refractivity contribution in [2.45, 2.75) is 91.1 Å². The number of aromatic nitrogens is 3. The fourth-order valence-corrected chi connectivity index (χ4v) is 9.05. The van der Waals surface area contributed by atoms with Crippen LogP contribution in [0.25, 0.3) is 22.3 Å². The minimum atomic E-state index is -0.103. The molecule has 3 amide bonds. The molecule has 0 unspecified atom stereocenters. The molecule has 2 N–H and O–H groups in total. The standard InChI is InChI=1S/C41H51N7O3/c1-26-23-46(40(51)30-9-8-29-20-35(42-34(29)21-30)39-33-14-17-41(3,4)22-36(33)43-44-39)24-27(2)47(26)25-28-15-18-45(19-16-28)31-10-12-32(13-11-31)48-37(49)6-5-7-38(48)50/h8-13,20-21,26-28,42H,5-7,14-19,22-25H2,1-4H3,(H,43,44)/t26-,27+. The van der Waals surface area contributed by atoms with Gasteiger partial charge in [-0.15, -0.1) is 0 Å². The van der Waals surface area contributed by atoms with E-state index in [4.69, 9.17) is 5.10 Å². The molecule has 0 radical (unpaired) electrons. The van der Waals surface area contributed by atoms with Gasteiger partial charge >= 0.3 is 0 Å². The molecule has 10 heteroatoms. The van der Waals surface area contributed by atoms with E-state index in [-0.39, 0.29) is 29.8 Å². The summed E-state index contributed by atoms with van der Waals surface area (Å²) in [6.07, 6.45) is 6.93. The molecule has 4 aliphatic rings. The van der Waals surface area contributed by atoms with E-state index in [2.05, 4.69) is 59.7 Å². The summed E-state index contributed by atoms with van der Waals surface area (Å²) in [5.74, 6) is 0.494. The lowest BCUT2D eigenvalue weighted by Crippen LogP contribution is -2.59. The third-order valence-electron chi connectivity index (χ3n) is 12.0. The summed E-state index contributed by atoms with van der Waals surface area (Å²) in [7, 11) is 0. The summed E-state index contributed by atoms with van der Waals surface area (Å²) in [6, 6.07) is 16.7. The molecule has 8 rings (SSSR count). The van der Waals surface area contributed by atoms with Crippen LogP contribution in [-0.4, -0.2) is 87.5 Å². The number of H-pyrrole nitrogens is 2. The van der Waals surface area contributed by atoms with Crippen LogP contribution in [0.4, 0.5) is 11.4 Å². The van der Waals surface area contributed by atoms with Crippen LogP contribution in [-0.2, 0) is 22.4 Å². The third kappa shape index (κ3) is 6.59. The molecule has 4 aromatic rings. The fourth-order valence-electron chi connectivity index (χ4n) is 9.05. The minimum absolute atomic E-state index is 0.0964. The van der Waals surface area contributed by atoms with Gasteiger partial charge in [0.15, 0.2) is 0 Å². The van der Waals surface area contributed by atoms with Gasteiger partial charge in [-0.05, 0) is 106 Å². The number of piperazine rings is 1. The number of amides is 3. The Kier molecular flexibility index (Phi) is 8.77. The first-order valence-electron chi connectivity index (χ1n) is 19.0. The van der Waals surface area contributed by atoms with Gasteiger partial charge < -0.3 is 14.8 Å². The second-order valence-corrected chi connectivity index (χ2v) is 16.4. The Labute approximate surface area is 300 Å². The van der Waals surface area contributed by atoms with E-state index in [9.17, 15) is 14.4 Å². The minimum Gasteiger partial charge on any atom is -0.372 e. The van der Waals surface area contributed by atoms with Crippen LogP contribution in [0.3, 0.4) is 0 Å². The van der Waals surface area contributed by atoms with E-state index in [1.165, 1.54) is 16.2 Å². The number of carbonyl (C=O) groups excluding carboxylic acids is 3. The van der Waals surface area contributed by atoms with Crippen LogP contribution in [0.15, 0.2) is 48.5 Å². The Morgan fingerprint density at radius 2 is 1.59 bits per heavy atom. The summed E-state index contributed by atoms with van der Waals surface area (Å²) in [6.45, 7) is 13.6. The average Bonchev–Trinajstić information content (AvgIpc) is 3.73. The van der Waals surface area contributed by atoms with Gasteiger partial charge in [-0.25, -0.2) is 0 Å². The Bertz CT molecular complexity index is 1920. The van der Waals surface area contributed by atoms with Gasteiger partial charge in [-0.3, -0.25) is 29.3 Å². The fraction of sp³-hybridized carbons (Fsp3) is 0.512. The van der Waals surface area contributed by atoms with E-state index in [0.29, 0.717) is 36.3 Å². The first kappa shape index (κ1) is 33.7.